The molecule has 2 amide bonds. The minimum absolute atomic E-state index is 0.252. The summed E-state index contributed by atoms with van der Waals surface area (Å²) >= 11 is 5.83. The molecule has 6 heteroatoms. The van der Waals surface area contributed by atoms with Gasteiger partial charge in [-0.2, -0.15) is 0 Å². The highest BCUT2D eigenvalue weighted by Gasteiger charge is 2.02. The molecule has 0 atom stereocenters. The van der Waals surface area contributed by atoms with E-state index in [1.807, 2.05) is 17.8 Å². The van der Waals surface area contributed by atoms with E-state index in [4.69, 9.17) is 11.6 Å². The number of rotatable bonds is 4. The van der Waals surface area contributed by atoms with Crippen LogP contribution in [0.1, 0.15) is 5.69 Å². The molecule has 0 bridgehead atoms. The Kier molecular flexibility index (Phi) is 4.41. The van der Waals surface area contributed by atoms with Crippen molar-refractivity contribution in [2.24, 2.45) is 7.05 Å². The lowest BCUT2D eigenvalue weighted by Gasteiger charge is -2.07. The van der Waals surface area contributed by atoms with E-state index < -0.39 is 0 Å². The number of amides is 2. The average Bonchev–Trinajstić information content (AvgIpc) is 2.75. The molecular formula is C13H15ClN4O. The number of nitrogens with one attached hydrogen (secondary N) is 2. The summed E-state index contributed by atoms with van der Waals surface area (Å²) in [5.74, 6) is 0. The number of anilines is 1. The fourth-order valence-electron chi connectivity index (χ4n) is 1.64. The van der Waals surface area contributed by atoms with Crippen LogP contribution in [0.5, 0.6) is 0 Å². The number of carbonyl (C=O) groups excluding carboxylic acids is 1. The largest absolute Gasteiger partial charge is 0.340 e. The van der Waals surface area contributed by atoms with E-state index in [1.165, 1.54) is 0 Å². The van der Waals surface area contributed by atoms with Crippen LogP contribution < -0.4 is 10.6 Å². The Morgan fingerprint density at radius 3 is 3.00 bits per heavy atom. The van der Waals surface area contributed by atoms with Gasteiger partial charge in [-0.3, -0.25) is 0 Å². The van der Waals surface area contributed by atoms with Crippen LogP contribution >= 0.6 is 11.6 Å². The normalized spacial score (nSPS) is 10.2. The molecule has 0 spiro atoms. The van der Waals surface area contributed by atoms with Crippen LogP contribution in [0.3, 0.4) is 0 Å². The Labute approximate surface area is 116 Å². The number of hydrogen-bond donors (Lipinski definition) is 2. The molecule has 2 rings (SSSR count). The fourth-order valence-corrected chi connectivity index (χ4v) is 1.83. The van der Waals surface area contributed by atoms with Crippen molar-refractivity contribution in [1.82, 2.24) is 14.9 Å². The molecule has 0 saturated carbocycles. The van der Waals surface area contributed by atoms with Crippen LogP contribution in [-0.2, 0) is 13.5 Å². The van der Waals surface area contributed by atoms with Gasteiger partial charge in [0.1, 0.15) is 0 Å². The van der Waals surface area contributed by atoms with Gasteiger partial charge in [-0.1, -0.05) is 17.7 Å². The van der Waals surface area contributed by atoms with Gasteiger partial charge in [0.25, 0.3) is 0 Å². The third-order valence-corrected chi connectivity index (χ3v) is 2.74. The van der Waals surface area contributed by atoms with Gasteiger partial charge in [0.15, 0.2) is 0 Å². The molecule has 2 N–H and O–H groups in total. The molecule has 19 heavy (non-hydrogen) atoms. The molecule has 5 nitrogen and oxygen atoms in total. The Hall–Kier alpha value is -2.01. The number of nitrogens with zero attached hydrogens (tertiary/aromatic N) is 2. The minimum atomic E-state index is -0.252. The fraction of sp³-hybridized carbons (Fsp3) is 0.231. The lowest BCUT2D eigenvalue weighted by atomic mass is 10.3. The number of imidazole rings is 1. The van der Waals surface area contributed by atoms with E-state index in [0.29, 0.717) is 23.7 Å². The Morgan fingerprint density at radius 2 is 2.32 bits per heavy atom. The summed E-state index contributed by atoms with van der Waals surface area (Å²) in [6, 6.07) is 6.76. The van der Waals surface area contributed by atoms with Crippen LogP contribution in [0.4, 0.5) is 10.5 Å². The van der Waals surface area contributed by atoms with Gasteiger partial charge < -0.3 is 15.2 Å². The summed E-state index contributed by atoms with van der Waals surface area (Å²) < 4.78 is 1.88. The molecule has 1 aromatic carbocycles. The van der Waals surface area contributed by atoms with Crippen LogP contribution in [0.2, 0.25) is 5.02 Å². The van der Waals surface area contributed by atoms with Crippen molar-refractivity contribution in [1.29, 1.82) is 0 Å². The van der Waals surface area contributed by atoms with Gasteiger partial charge in [-0.15, -0.1) is 0 Å². The van der Waals surface area contributed by atoms with Crippen molar-refractivity contribution >= 4 is 23.3 Å². The standard InChI is InChI=1S/C13H15ClN4O/c1-18-8-12(16-9-18)5-6-15-13(19)17-11-4-2-3-10(14)7-11/h2-4,7-9H,5-6H2,1H3,(H2,15,17,19). The van der Waals surface area contributed by atoms with E-state index in [-0.39, 0.29) is 6.03 Å². The lowest BCUT2D eigenvalue weighted by Crippen LogP contribution is -2.30. The zero-order valence-electron chi connectivity index (χ0n) is 10.6. The minimum Gasteiger partial charge on any atom is -0.340 e. The van der Waals surface area contributed by atoms with E-state index in [9.17, 15) is 4.79 Å². The number of aryl methyl sites for hydroxylation is 1. The zero-order valence-corrected chi connectivity index (χ0v) is 11.3. The van der Waals surface area contributed by atoms with E-state index in [1.54, 1.807) is 30.6 Å². The van der Waals surface area contributed by atoms with Crippen LogP contribution in [-0.4, -0.2) is 22.1 Å². The highest BCUT2D eigenvalue weighted by Crippen LogP contribution is 2.14. The summed E-state index contributed by atoms with van der Waals surface area (Å²) in [5, 5.41) is 6.07. The van der Waals surface area contributed by atoms with Crippen molar-refractivity contribution < 1.29 is 4.79 Å². The molecule has 0 radical (unpaired) electrons. The molecule has 0 aliphatic heterocycles. The van der Waals surface area contributed by atoms with Crippen LogP contribution in [0.25, 0.3) is 0 Å². The Morgan fingerprint density at radius 1 is 1.47 bits per heavy atom. The topological polar surface area (TPSA) is 59.0 Å². The number of aromatic nitrogens is 2. The molecule has 1 aromatic heterocycles. The summed E-state index contributed by atoms with van der Waals surface area (Å²) in [6.07, 6.45) is 4.36. The SMILES string of the molecule is Cn1cnc(CCNC(=O)Nc2cccc(Cl)c2)c1. The molecule has 1 heterocycles. The second kappa shape index (κ2) is 6.24. The highest BCUT2D eigenvalue weighted by molar-refractivity contribution is 6.30. The maximum absolute atomic E-state index is 11.6. The van der Waals surface area contributed by atoms with Gasteiger partial charge in [0, 0.05) is 36.9 Å². The molecule has 0 unspecified atom stereocenters. The first kappa shape index (κ1) is 13.4. The van der Waals surface area contributed by atoms with Crippen LogP contribution in [0, 0.1) is 0 Å². The van der Waals surface area contributed by atoms with Crippen molar-refractivity contribution in [3.8, 4) is 0 Å². The summed E-state index contributed by atoms with van der Waals surface area (Å²) in [6.45, 7) is 0.531. The van der Waals surface area contributed by atoms with Gasteiger partial charge in [-0.05, 0) is 18.2 Å². The van der Waals surface area contributed by atoms with Gasteiger partial charge >= 0.3 is 6.03 Å². The van der Waals surface area contributed by atoms with Crippen LogP contribution in [0.15, 0.2) is 36.8 Å². The van der Waals surface area contributed by atoms with Crippen molar-refractivity contribution in [2.45, 2.75) is 6.42 Å². The van der Waals surface area contributed by atoms with E-state index in [0.717, 1.165) is 5.69 Å². The summed E-state index contributed by atoms with van der Waals surface area (Å²) in [5.41, 5.74) is 1.62. The second-order valence-corrected chi connectivity index (χ2v) is 4.61. The quantitative estimate of drug-likeness (QED) is 0.902. The van der Waals surface area contributed by atoms with Gasteiger partial charge in [0.05, 0.1) is 12.0 Å². The molecule has 0 aliphatic rings. The van der Waals surface area contributed by atoms with Crippen molar-refractivity contribution in [3.63, 3.8) is 0 Å². The van der Waals surface area contributed by atoms with Gasteiger partial charge in [0.2, 0.25) is 0 Å². The number of benzene rings is 1. The maximum Gasteiger partial charge on any atom is 0.319 e. The molecule has 0 saturated heterocycles. The Bertz CT molecular complexity index is 567. The third-order valence-electron chi connectivity index (χ3n) is 2.51. The van der Waals surface area contributed by atoms with Gasteiger partial charge in [-0.25, -0.2) is 9.78 Å². The maximum atomic E-state index is 11.6. The predicted octanol–water partition coefficient (Wildman–Crippen LogP) is 2.44. The number of urea groups is 1. The molecule has 100 valence electrons. The first-order valence-electron chi connectivity index (χ1n) is 5.91. The number of carbonyl (C=O) groups is 1. The van der Waals surface area contributed by atoms with E-state index in [2.05, 4.69) is 15.6 Å². The lowest BCUT2D eigenvalue weighted by molar-refractivity contribution is 0.252. The summed E-state index contributed by atoms with van der Waals surface area (Å²) in [4.78, 5) is 15.8. The highest BCUT2D eigenvalue weighted by atomic mass is 35.5. The smallest absolute Gasteiger partial charge is 0.319 e. The van der Waals surface area contributed by atoms with E-state index >= 15 is 0 Å². The van der Waals surface area contributed by atoms with Crippen molar-refractivity contribution in [2.75, 3.05) is 11.9 Å². The van der Waals surface area contributed by atoms with Crippen molar-refractivity contribution in [3.05, 3.63) is 47.5 Å². The number of halogens is 1. The average molecular weight is 279 g/mol. The third kappa shape index (κ3) is 4.30. The number of hydrogen-bond acceptors (Lipinski definition) is 2. The zero-order chi connectivity index (χ0) is 13.7. The molecule has 0 aliphatic carbocycles. The molecular weight excluding hydrogens is 264 g/mol. The predicted molar refractivity (Wildman–Crippen MR) is 75.4 cm³/mol. The second-order valence-electron chi connectivity index (χ2n) is 4.17. The first-order valence-corrected chi connectivity index (χ1v) is 6.28. The molecule has 2 aromatic rings. The monoisotopic (exact) mass is 278 g/mol. The Balaban J connectivity index is 1.76. The molecule has 0 fully saturated rings. The summed E-state index contributed by atoms with van der Waals surface area (Å²) in [7, 11) is 1.91. The first-order chi connectivity index (χ1) is 9.13.